The first kappa shape index (κ1) is 14.4. The van der Waals surface area contributed by atoms with Crippen LogP contribution in [0.5, 0.6) is 0 Å². The number of likely N-dealkylation sites (N-methyl/N-ethyl adjacent to an activating group) is 1. The maximum absolute atomic E-state index is 11.4. The Hall–Kier alpha value is -0.620. The molecule has 0 amide bonds. The average molecular weight is 237 g/mol. The van der Waals surface area contributed by atoms with Crippen LogP contribution in [0.4, 0.5) is 0 Å². The summed E-state index contributed by atoms with van der Waals surface area (Å²) in [6, 6.07) is -0.651. The standard InChI is InChI=1S/C9H19NO4S/c1-4-6-15(13,14)7-5-10(3)8(2)9(11)12/h8H,4-7H2,1-3H3,(H,11,12). The monoisotopic (exact) mass is 237 g/mol. The number of carboxylic acid groups (broad SMARTS) is 1. The van der Waals surface area contributed by atoms with Gasteiger partial charge in [-0.15, -0.1) is 0 Å². The molecular weight excluding hydrogens is 218 g/mol. The van der Waals surface area contributed by atoms with Gasteiger partial charge in [-0.2, -0.15) is 0 Å². The normalized spacial score (nSPS) is 14.1. The highest BCUT2D eigenvalue weighted by Gasteiger charge is 2.18. The summed E-state index contributed by atoms with van der Waals surface area (Å²) in [6.07, 6.45) is 0.598. The Morgan fingerprint density at radius 3 is 2.33 bits per heavy atom. The van der Waals surface area contributed by atoms with Crippen LogP contribution in [0.3, 0.4) is 0 Å². The number of hydrogen-bond donors (Lipinski definition) is 1. The summed E-state index contributed by atoms with van der Waals surface area (Å²) in [7, 11) is -1.41. The van der Waals surface area contributed by atoms with Crippen LogP contribution in [0.25, 0.3) is 0 Å². The van der Waals surface area contributed by atoms with Crippen LogP contribution in [0.2, 0.25) is 0 Å². The fourth-order valence-electron chi connectivity index (χ4n) is 1.08. The van der Waals surface area contributed by atoms with Crippen molar-refractivity contribution >= 4 is 15.8 Å². The van der Waals surface area contributed by atoms with Gasteiger partial charge in [-0.3, -0.25) is 9.69 Å². The van der Waals surface area contributed by atoms with E-state index in [-0.39, 0.29) is 18.1 Å². The van der Waals surface area contributed by atoms with Crippen LogP contribution in [-0.2, 0) is 14.6 Å². The Morgan fingerprint density at radius 2 is 1.93 bits per heavy atom. The van der Waals surface area contributed by atoms with Gasteiger partial charge >= 0.3 is 5.97 Å². The molecule has 6 heteroatoms. The Bertz CT molecular complexity index is 299. The molecule has 0 rings (SSSR count). The van der Waals surface area contributed by atoms with E-state index in [4.69, 9.17) is 5.11 Å². The molecule has 0 aromatic carbocycles. The zero-order valence-corrected chi connectivity index (χ0v) is 10.2. The molecule has 0 fully saturated rings. The van der Waals surface area contributed by atoms with E-state index in [1.54, 1.807) is 14.0 Å². The summed E-state index contributed by atoms with van der Waals surface area (Å²) < 4.78 is 22.7. The van der Waals surface area contributed by atoms with Gasteiger partial charge in [-0.1, -0.05) is 6.92 Å². The molecule has 15 heavy (non-hydrogen) atoms. The van der Waals surface area contributed by atoms with Crippen molar-refractivity contribution in [3.8, 4) is 0 Å². The highest BCUT2D eigenvalue weighted by molar-refractivity contribution is 7.91. The number of carboxylic acids is 1. The summed E-state index contributed by atoms with van der Waals surface area (Å²) in [5.74, 6) is -0.748. The molecule has 0 bridgehead atoms. The lowest BCUT2D eigenvalue weighted by Crippen LogP contribution is -2.38. The Kier molecular flexibility index (Phi) is 5.82. The molecule has 0 aromatic rings. The molecule has 0 spiro atoms. The maximum Gasteiger partial charge on any atom is 0.320 e. The van der Waals surface area contributed by atoms with E-state index in [9.17, 15) is 13.2 Å². The first-order valence-electron chi connectivity index (χ1n) is 4.93. The van der Waals surface area contributed by atoms with Gasteiger partial charge in [0.1, 0.15) is 6.04 Å². The van der Waals surface area contributed by atoms with Crippen molar-refractivity contribution in [3.05, 3.63) is 0 Å². The zero-order valence-electron chi connectivity index (χ0n) is 9.43. The summed E-state index contributed by atoms with van der Waals surface area (Å²) in [4.78, 5) is 12.1. The third kappa shape index (κ3) is 5.74. The maximum atomic E-state index is 11.4. The molecule has 0 aromatic heterocycles. The molecule has 1 atom stereocenters. The third-order valence-corrected chi connectivity index (χ3v) is 4.12. The van der Waals surface area contributed by atoms with E-state index in [1.165, 1.54) is 11.8 Å². The summed E-state index contributed by atoms with van der Waals surface area (Å²) in [6.45, 7) is 3.60. The quantitative estimate of drug-likeness (QED) is 0.685. The second-order valence-corrected chi connectivity index (χ2v) is 5.95. The lowest BCUT2D eigenvalue weighted by Gasteiger charge is -2.20. The molecular formula is C9H19NO4S. The van der Waals surface area contributed by atoms with Gasteiger partial charge in [-0.25, -0.2) is 8.42 Å². The van der Waals surface area contributed by atoms with Gasteiger partial charge in [0.05, 0.1) is 5.75 Å². The first-order valence-corrected chi connectivity index (χ1v) is 6.75. The van der Waals surface area contributed by atoms with E-state index >= 15 is 0 Å². The van der Waals surface area contributed by atoms with E-state index in [1.807, 2.05) is 0 Å². The first-order chi connectivity index (χ1) is 6.80. The van der Waals surface area contributed by atoms with Crippen molar-refractivity contribution in [1.82, 2.24) is 4.90 Å². The molecule has 5 nitrogen and oxygen atoms in total. The molecule has 0 saturated heterocycles. The van der Waals surface area contributed by atoms with Gasteiger partial charge in [0, 0.05) is 12.3 Å². The van der Waals surface area contributed by atoms with Gasteiger partial charge < -0.3 is 5.11 Å². The van der Waals surface area contributed by atoms with Crippen molar-refractivity contribution in [1.29, 1.82) is 0 Å². The van der Waals surface area contributed by atoms with Crippen LogP contribution >= 0.6 is 0 Å². The largest absolute Gasteiger partial charge is 0.480 e. The van der Waals surface area contributed by atoms with Crippen molar-refractivity contribution in [2.75, 3.05) is 25.1 Å². The van der Waals surface area contributed by atoms with Crippen molar-refractivity contribution in [2.45, 2.75) is 26.3 Å². The zero-order chi connectivity index (χ0) is 12.1. The lowest BCUT2D eigenvalue weighted by atomic mass is 10.3. The predicted molar refractivity (Wildman–Crippen MR) is 58.7 cm³/mol. The van der Waals surface area contributed by atoms with Crippen LogP contribution in [-0.4, -0.2) is 55.5 Å². The predicted octanol–water partition coefficient (Wildman–Crippen LogP) is 0.216. The topological polar surface area (TPSA) is 74.7 Å². The van der Waals surface area contributed by atoms with Crippen LogP contribution in [0.15, 0.2) is 0 Å². The highest BCUT2D eigenvalue weighted by atomic mass is 32.2. The minimum absolute atomic E-state index is 0.0228. The second kappa shape index (κ2) is 6.07. The molecule has 0 aliphatic rings. The number of rotatable bonds is 7. The minimum atomic E-state index is -3.02. The number of sulfone groups is 1. The van der Waals surface area contributed by atoms with Crippen molar-refractivity contribution < 1.29 is 18.3 Å². The number of carbonyl (C=O) groups is 1. The average Bonchev–Trinajstić information content (AvgIpc) is 2.13. The Balaban J connectivity index is 4.11. The summed E-state index contributed by atoms with van der Waals surface area (Å²) >= 11 is 0. The van der Waals surface area contributed by atoms with Gasteiger partial charge in [-0.05, 0) is 20.4 Å². The van der Waals surface area contributed by atoms with Crippen molar-refractivity contribution in [2.24, 2.45) is 0 Å². The van der Waals surface area contributed by atoms with Gasteiger partial charge in [0.2, 0.25) is 0 Å². The van der Waals surface area contributed by atoms with Crippen LogP contribution < -0.4 is 0 Å². The molecule has 1 N–H and O–H groups in total. The van der Waals surface area contributed by atoms with E-state index in [2.05, 4.69) is 0 Å². The molecule has 90 valence electrons. The van der Waals surface area contributed by atoms with E-state index in [0.29, 0.717) is 6.42 Å². The SMILES string of the molecule is CCCS(=O)(=O)CCN(C)C(C)C(=O)O. The molecule has 0 radical (unpaired) electrons. The highest BCUT2D eigenvalue weighted by Crippen LogP contribution is 1.99. The van der Waals surface area contributed by atoms with Crippen molar-refractivity contribution in [3.63, 3.8) is 0 Å². The van der Waals surface area contributed by atoms with Gasteiger partial charge in [0.15, 0.2) is 9.84 Å². The third-order valence-electron chi connectivity index (χ3n) is 2.29. The second-order valence-electron chi connectivity index (χ2n) is 3.65. The minimum Gasteiger partial charge on any atom is -0.480 e. The Labute approximate surface area is 91.0 Å². The summed E-state index contributed by atoms with van der Waals surface area (Å²) in [5.41, 5.74) is 0. The van der Waals surface area contributed by atoms with E-state index in [0.717, 1.165) is 0 Å². The molecule has 0 heterocycles. The fourth-order valence-corrected chi connectivity index (χ4v) is 2.47. The molecule has 0 saturated carbocycles. The summed E-state index contributed by atoms with van der Waals surface area (Å²) in [5, 5.41) is 8.69. The number of aliphatic carboxylic acids is 1. The smallest absolute Gasteiger partial charge is 0.320 e. The van der Waals surface area contributed by atoms with Gasteiger partial charge in [0.25, 0.3) is 0 Å². The fraction of sp³-hybridized carbons (Fsp3) is 0.889. The van der Waals surface area contributed by atoms with Crippen LogP contribution in [0.1, 0.15) is 20.3 Å². The lowest BCUT2D eigenvalue weighted by molar-refractivity contribution is -0.142. The number of hydrogen-bond acceptors (Lipinski definition) is 4. The number of nitrogens with zero attached hydrogens (tertiary/aromatic N) is 1. The van der Waals surface area contributed by atoms with Crippen LogP contribution in [0, 0.1) is 0 Å². The Morgan fingerprint density at radius 1 is 1.40 bits per heavy atom. The molecule has 0 aliphatic carbocycles. The molecule has 0 aliphatic heterocycles. The molecule has 1 unspecified atom stereocenters. The van der Waals surface area contributed by atoms with E-state index < -0.39 is 21.8 Å².